The van der Waals surface area contributed by atoms with Crippen molar-refractivity contribution in [1.29, 1.82) is 0 Å². The monoisotopic (exact) mass is 300 g/mol. The zero-order chi connectivity index (χ0) is 13.2. The molecule has 4 nitrogen and oxygen atoms in total. The third-order valence-corrected chi connectivity index (χ3v) is 3.54. The number of alkyl halides is 1. The zero-order valence-electron chi connectivity index (χ0n) is 9.48. The molecule has 1 rings (SSSR count). The molecule has 92 valence electrons. The lowest BCUT2D eigenvalue weighted by molar-refractivity contribution is -0.147. The normalized spacial score (nSPS) is 14.1. The van der Waals surface area contributed by atoms with Gasteiger partial charge in [-0.3, -0.25) is 4.79 Å². The quantitative estimate of drug-likeness (QED) is 0.836. The minimum Gasteiger partial charge on any atom is -0.479 e. The standard InChI is InChI=1S/C12H13BrO4/c1-6-3-4-8(10(13)7(2)14)9(5-6)11(15)12(16)17/h3-5,10-11,15H,1-2H3,(H,16,17). The molecule has 0 spiro atoms. The van der Waals surface area contributed by atoms with E-state index in [1.807, 2.05) is 0 Å². The molecule has 0 aliphatic heterocycles. The van der Waals surface area contributed by atoms with E-state index in [-0.39, 0.29) is 11.3 Å². The number of carbonyl (C=O) groups is 2. The molecule has 0 heterocycles. The molecule has 0 aromatic heterocycles. The number of aliphatic hydroxyl groups is 1. The van der Waals surface area contributed by atoms with Crippen LogP contribution in [0.25, 0.3) is 0 Å². The molecule has 0 saturated heterocycles. The number of carboxylic acid groups (broad SMARTS) is 1. The summed E-state index contributed by atoms with van der Waals surface area (Å²) in [7, 11) is 0. The van der Waals surface area contributed by atoms with Crippen LogP contribution < -0.4 is 0 Å². The van der Waals surface area contributed by atoms with Gasteiger partial charge in [0.1, 0.15) is 5.78 Å². The fourth-order valence-corrected chi connectivity index (χ4v) is 1.93. The first-order chi connectivity index (χ1) is 7.84. The number of benzene rings is 1. The van der Waals surface area contributed by atoms with Crippen LogP contribution in [0.5, 0.6) is 0 Å². The number of hydrogen-bond donors (Lipinski definition) is 2. The minimum absolute atomic E-state index is 0.146. The molecule has 17 heavy (non-hydrogen) atoms. The molecule has 0 amide bonds. The van der Waals surface area contributed by atoms with Crippen molar-refractivity contribution >= 4 is 27.7 Å². The van der Waals surface area contributed by atoms with E-state index in [0.717, 1.165) is 5.56 Å². The summed E-state index contributed by atoms with van der Waals surface area (Å²) >= 11 is 3.19. The highest BCUT2D eigenvalue weighted by Gasteiger charge is 2.24. The van der Waals surface area contributed by atoms with Crippen LogP contribution in [0.2, 0.25) is 0 Å². The summed E-state index contributed by atoms with van der Waals surface area (Å²) in [4.78, 5) is 21.5. The molecule has 1 aromatic carbocycles. The Bertz CT molecular complexity index is 456. The van der Waals surface area contributed by atoms with Crippen molar-refractivity contribution in [2.75, 3.05) is 0 Å². The minimum atomic E-state index is -1.62. The maximum absolute atomic E-state index is 11.3. The van der Waals surface area contributed by atoms with Crippen molar-refractivity contribution in [3.05, 3.63) is 34.9 Å². The van der Waals surface area contributed by atoms with E-state index in [1.54, 1.807) is 25.1 Å². The smallest absolute Gasteiger partial charge is 0.337 e. The number of halogens is 1. The van der Waals surface area contributed by atoms with Crippen molar-refractivity contribution in [3.8, 4) is 0 Å². The van der Waals surface area contributed by atoms with Gasteiger partial charge >= 0.3 is 5.97 Å². The topological polar surface area (TPSA) is 74.6 Å². The Balaban J connectivity index is 3.30. The number of carbonyl (C=O) groups excluding carboxylic acids is 1. The number of rotatable bonds is 4. The van der Waals surface area contributed by atoms with Gasteiger partial charge in [0.15, 0.2) is 6.10 Å². The van der Waals surface area contributed by atoms with Crippen LogP contribution in [-0.2, 0) is 9.59 Å². The van der Waals surface area contributed by atoms with E-state index in [2.05, 4.69) is 15.9 Å². The average molecular weight is 301 g/mol. The van der Waals surface area contributed by atoms with E-state index in [1.165, 1.54) is 6.92 Å². The van der Waals surface area contributed by atoms with Gasteiger partial charge in [-0.2, -0.15) is 0 Å². The molecule has 0 saturated carbocycles. The number of aryl methyl sites for hydroxylation is 1. The maximum atomic E-state index is 11.3. The van der Waals surface area contributed by atoms with Gasteiger partial charge in [-0.15, -0.1) is 0 Å². The first kappa shape index (κ1) is 13.9. The molecule has 1 aromatic rings. The summed E-state index contributed by atoms with van der Waals surface area (Å²) in [5.74, 6) is -1.48. The van der Waals surface area contributed by atoms with E-state index in [0.29, 0.717) is 5.56 Å². The second-order valence-corrected chi connectivity index (χ2v) is 4.76. The van der Waals surface area contributed by atoms with Crippen molar-refractivity contribution in [2.24, 2.45) is 0 Å². The highest BCUT2D eigenvalue weighted by atomic mass is 79.9. The highest BCUT2D eigenvalue weighted by Crippen LogP contribution is 2.31. The molecule has 2 N–H and O–H groups in total. The fourth-order valence-electron chi connectivity index (χ4n) is 1.51. The lowest BCUT2D eigenvalue weighted by Gasteiger charge is -2.16. The highest BCUT2D eigenvalue weighted by molar-refractivity contribution is 9.09. The fraction of sp³-hybridized carbons (Fsp3) is 0.333. The largest absolute Gasteiger partial charge is 0.479 e. The van der Waals surface area contributed by atoms with Gasteiger partial charge in [-0.1, -0.05) is 39.7 Å². The SMILES string of the molecule is CC(=O)C(Br)c1ccc(C)cc1C(O)C(=O)O. The summed E-state index contributed by atoms with van der Waals surface area (Å²) < 4.78 is 0. The first-order valence-corrected chi connectivity index (χ1v) is 5.92. The van der Waals surface area contributed by atoms with E-state index >= 15 is 0 Å². The summed E-state index contributed by atoms with van der Waals surface area (Å²) in [6, 6.07) is 4.99. The van der Waals surface area contributed by atoms with Gasteiger partial charge in [-0.05, 0) is 25.0 Å². The lowest BCUT2D eigenvalue weighted by atomic mass is 9.96. The maximum Gasteiger partial charge on any atom is 0.337 e. The Hall–Kier alpha value is -1.20. The van der Waals surface area contributed by atoms with Crippen molar-refractivity contribution in [1.82, 2.24) is 0 Å². The molecular weight excluding hydrogens is 288 g/mol. The number of aliphatic hydroxyl groups excluding tert-OH is 1. The summed E-state index contributed by atoms with van der Waals surface area (Å²) in [5, 5.41) is 18.4. The van der Waals surface area contributed by atoms with Crippen molar-refractivity contribution < 1.29 is 19.8 Å². The molecular formula is C12H13BrO4. The van der Waals surface area contributed by atoms with Crippen LogP contribution in [0.3, 0.4) is 0 Å². The van der Waals surface area contributed by atoms with Gasteiger partial charge in [0.05, 0.1) is 4.83 Å². The molecule has 0 radical (unpaired) electrons. The third kappa shape index (κ3) is 3.14. The van der Waals surface area contributed by atoms with E-state index in [4.69, 9.17) is 5.11 Å². The van der Waals surface area contributed by atoms with E-state index in [9.17, 15) is 14.7 Å². The van der Waals surface area contributed by atoms with Gasteiger partial charge in [-0.25, -0.2) is 4.79 Å². The number of carboxylic acids is 1. The second-order valence-electron chi connectivity index (χ2n) is 3.85. The average Bonchev–Trinajstić information content (AvgIpc) is 2.26. The molecule has 0 aliphatic carbocycles. The van der Waals surface area contributed by atoms with Crippen LogP contribution in [0.4, 0.5) is 0 Å². The molecule has 0 bridgehead atoms. The number of ketones is 1. The predicted octanol–water partition coefficient (Wildman–Crippen LogP) is 2.14. The molecule has 2 atom stereocenters. The van der Waals surface area contributed by atoms with Crippen LogP contribution in [0.1, 0.15) is 34.5 Å². The second kappa shape index (κ2) is 5.42. The Labute approximate surface area is 107 Å². The van der Waals surface area contributed by atoms with Crippen LogP contribution >= 0.6 is 15.9 Å². The van der Waals surface area contributed by atoms with Gasteiger partial charge in [0, 0.05) is 0 Å². The van der Waals surface area contributed by atoms with Crippen LogP contribution in [0.15, 0.2) is 18.2 Å². The summed E-state index contributed by atoms with van der Waals surface area (Å²) in [6.45, 7) is 3.19. The molecule has 0 aliphatic rings. The van der Waals surface area contributed by atoms with E-state index < -0.39 is 16.9 Å². The lowest BCUT2D eigenvalue weighted by Crippen LogP contribution is -2.15. The number of aliphatic carboxylic acids is 1. The number of hydrogen-bond acceptors (Lipinski definition) is 3. The van der Waals surface area contributed by atoms with Crippen LogP contribution in [0, 0.1) is 6.92 Å². The Kier molecular flexibility index (Phi) is 4.42. The van der Waals surface area contributed by atoms with Gasteiger partial charge < -0.3 is 10.2 Å². The number of Topliss-reactive ketones (excluding diaryl/α,β-unsaturated/α-hetero) is 1. The summed E-state index contributed by atoms with van der Waals surface area (Å²) in [6.07, 6.45) is -1.62. The van der Waals surface area contributed by atoms with Crippen molar-refractivity contribution in [2.45, 2.75) is 24.8 Å². The van der Waals surface area contributed by atoms with Gasteiger partial charge in [0.2, 0.25) is 0 Å². The van der Waals surface area contributed by atoms with Crippen LogP contribution in [-0.4, -0.2) is 22.0 Å². The van der Waals surface area contributed by atoms with Gasteiger partial charge in [0.25, 0.3) is 0 Å². The molecule has 0 fully saturated rings. The molecule has 5 heteroatoms. The first-order valence-electron chi connectivity index (χ1n) is 5.00. The predicted molar refractivity (Wildman–Crippen MR) is 66.1 cm³/mol. The summed E-state index contributed by atoms with van der Waals surface area (Å²) in [5.41, 5.74) is 1.56. The molecule has 2 unspecified atom stereocenters. The van der Waals surface area contributed by atoms with Crippen molar-refractivity contribution in [3.63, 3.8) is 0 Å². The third-order valence-electron chi connectivity index (χ3n) is 2.40. The Morgan fingerprint density at radius 3 is 2.35 bits per heavy atom. The Morgan fingerprint density at radius 2 is 1.88 bits per heavy atom. The zero-order valence-corrected chi connectivity index (χ0v) is 11.1. The Morgan fingerprint density at radius 1 is 1.29 bits per heavy atom.